The number of aromatic amines is 1. The van der Waals surface area contributed by atoms with Crippen molar-refractivity contribution in [1.82, 2.24) is 15.3 Å². The van der Waals surface area contributed by atoms with Crippen LogP contribution < -0.4 is 14.8 Å². The van der Waals surface area contributed by atoms with Crippen molar-refractivity contribution in [2.75, 3.05) is 13.7 Å². The van der Waals surface area contributed by atoms with Crippen LogP contribution in [-0.2, 0) is 19.6 Å². The van der Waals surface area contributed by atoms with Crippen LogP contribution in [-0.4, -0.2) is 23.6 Å². The maximum absolute atomic E-state index is 13.1. The lowest BCUT2D eigenvalue weighted by atomic mass is 10.2. The Labute approximate surface area is 191 Å². The molecule has 7 heteroatoms. The van der Waals surface area contributed by atoms with Crippen LogP contribution in [0.2, 0.25) is 5.02 Å². The van der Waals surface area contributed by atoms with E-state index in [1.165, 1.54) is 12.1 Å². The Morgan fingerprint density at radius 2 is 1.88 bits per heavy atom. The molecule has 4 rings (SSSR count). The van der Waals surface area contributed by atoms with Crippen molar-refractivity contribution in [3.8, 4) is 11.5 Å². The lowest BCUT2D eigenvalue weighted by Crippen LogP contribution is -2.15. The first-order chi connectivity index (χ1) is 15.6. The largest absolute Gasteiger partial charge is 0.493 e. The molecule has 0 saturated carbocycles. The number of ether oxygens (including phenoxy) is 2. The standard InChI is InChI=1S/C25H25ClFN3O2/c1-31-23-14-18(13-20(26)25(23)32-16-17-8-10-19(27)11-9-17)15-28-12-4-7-24-29-21-5-2-3-6-22(21)30-24/h2-3,5-6,8-11,13-14,28H,4,7,12,15-16H2,1H3,(H,29,30). The molecule has 4 aromatic rings. The first kappa shape index (κ1) is 22.1. The van der Waals surface area contributed by atoms with Crippen LogP contribution in [0.1, 0.15) is 23.4 Å². The van der Waals surface area contributed by atoms with Crippen molar-refractivity contribution in [2.24, 2.45) is 0 Å². The van der Waals surface area contributed by atoms with Gasteiger partial charge in [-0.15, -0.1) is 0 Å². The number of aromatic nitrogens is 2. The second-order valence-electron chi connectivity index (χ2n) is 7.51. The molecule has 3 aromatic carbocycles. The van der Waals surface area contributed by atoms with E-state index in [1.54, 1.807) is 19.2 Å². The van der Waals surface area contributed by atoms with Crippen molar-refractivity contribution in [3.05, 3.63) is 88.5 Å². The zero-order chi connectivity index (χ0) is 22.3. The summed E-state index contributed by atoms with van der Waals surface area (Å²) in [6.45, 7) is 1.78. The number of halogens is 2. The van der Waals surface area contributed by atoms with Crippen molar-refractivity contribution in [2.45, 2.75) is 26.0 Å². The van der Waals surface area contributed by atoms with Gasteiger partial charge >= 0.3 is 0 Å². The van der Waals surface area contributed by atoms with Gasteiger partial charge in [0.2, 0.25) is 0 Å². The number of methoxy groups -OCH3 is 1. The van der Waals surface area contributed by atoms with Crippen LogP contribution in [0.3, 0.4) is 0 Å². The van der Waals surface area contributed by atoms with Crippen LogP contribution in [0.15, 0.2) is 60.7 Å². The summed E-state index contributed by atoms with van der Waals surface area (Å²) in [4.78, 5) is 7.96. The van der Waals surface area contributed by atoms with Gasteiger partial charge in [0, 0.05) is 13.0 Å². The third-order valence-corrected chi connectivity index (χ3v) is 5.40. The van der Waals surface area contributed by atoms with Crippen LogP contribution in [0.5, 0.6) is 11.5 Å². The molecule has 5 nitrogen and oxygen atoms in total. The quantitative estimate of drug-likeness (QED) is 0.304. The number of hydrogen-bond acceptors (Lipinski definition) is 4. The van der Waals surface area contributed by atoms with E-state index in [0.29, 0.717) is 23.1 Å². The molecule has 0 bridgehead atoms. The maximum atomic E-state index is 13.1. The third-order valence-electron chi connectivity index (χ3n) is 5.12. The molecular weight excluding hydrogens is 429 g/mol. The molecule has 0 spiro atoms. The normalized spacial score (nSPS) is 11.1. The number of nitrogens with zero attached hydrogens (tertiary/aromatic N) is 1. The smallest absolute Gasteiger partial charge is 0.180 e. The van der Waals surface area contributed by atoms with Crippen molar-refractivity contribution in [3.63, 3.8) is 0 Å². The molecule has 2 N–H and O–H groups in total. The van der Waals surface area contributed by atoms with E-state index in [9.17, 15) is 4.39 Å². The van der Waals surface area contributed by atoms with Gasteiger partial charge in [-0.05, 0) is 60.5 Å². The van der Waals surface area contributed by atoms with Crippen LogP contribution >= 0.6 is 11.6 Å². The van der Waals surface area contributed by atoms with E-state index >= 15 is 0 Å². The molecule has 166 valence electrons. The minimum absolute atomic E-state index is 0.274. The summed E-state index contributed by atoms with van der Waals surface area (Å²) in [6.07, 6.45) is 1.84. The number of fused-ring (bicyclic) bond motifs is 1. The van der Waals surface area contributed by atoms with Gasteiger partial charge in [-0.2, -0.15) is 0 Å². The molecule has 1 heterocycles. The summed E-state index contributed by atoms with van der Waals surface area (Å²) in [5, 5.41) is 3.91. The van der Waals surface area contributed by atoms with Gasteiger partial charge in [-0.3, -0.25) is 0 Å². The second kappa shape index (κ2) is 10.5. The van der Waals surface area contributed by atoms with E-state index in [2.05, 4.69) is 15.3 Å². The third kappa shape index (κ3) is 5.58. The zero-order valence-electron chi connectivity index (χ0n) is 17.8. The Morgan fingerprint density at radius 1 is 1.06 bits per heavy atom. The summed E-state index contributed by atoms with van der Waals surface area (Å²) < 4.78 is 24.4. The Bertz CT molecular complexity index is 1140. The Balaban J connectivity index is 1.28. The number of aryl methyl sites for hydroxylation is 1. The fourth-order valence-electron chi connectivity index (χ4n) is 3.49. The molecule has 1 aromatic heterocycles. The predicted molar refractivity (Wildman–Crippen MR) is 125 cm³/mol. The average Bonchev–Trinajstić information content (AvgIpc) is 3.22. The lowest BCUT2D eigenvalue weighted by molar-refractivity contribution is 0.284. The van der Waals surface area contributed by atoms with Gasteiger partial charge in [0.15, 0.2) is 11.5 Å². The summed E-state index contributed by atoms with van der Waals surface area (Å²) in [5.41, 5.74) is 3.92. The Kier molecular flexibility index (Phi) is 7.24. The highest BCUT2D eigenvalue weighted by atomic mass is 35.5. The SMILES string of the molecule is COc1cc(CNCCCc2nc3ccccc3[nH]2)cc(Cl)c1OCc1ccc(F)cc1. The minimum Gasteiger partial charge on any atom is -0.493 e. The molecule has 0 saturated heterocycles. The van der Waals surface area contributed by atoms with Gasteiger partial charge in [-0.1, -0.05) is 35.9 Å². The topological polar surface area (TPSA) is 59.2 Å². The highest BCUT2D eigenvalue weighted by Gasteiger charge is 2.12. The van der Waals surface area contributed by atoms with Gasteiger partial charge in [0.25, 0.3) is 0 Å². The fourth-order valence-corrected chi connectivity index (χ4v) is 3.78. The van der Waals surface area contributed by atoms with Crippen LogP contribution in [0.4, 0.5) is 4.39 Å². The summed E-state index contributed by atoms with van der Waals surface area (Å²) in [5.74, 6) is 1.77. The lowest BCUT2D eigenvalue weighted by Gasteiger charge is -2.15. The number of hydrogen-bond donors (Lipinski definition) is 2. The summed E-state index contributed by atoms with van der Waals surface area (Å²) >= 11 is 6.46. The first-order valence-corrected chi connectivity index (χ1v) is 10.9. The number of benzene rings is 3. The molecule has 0 aliphatic rings. The van der Waals surface area contributed by atoms with Crippen LogP contribution in [0.25, 0.3) is 11.0 Å². The number of rotatable bonds is 10. The van der Waals surface area contributed by atoms with E-state index in [0.717, 1.165) is 47.4 Å². The summed E-state index contributed by atoms with van der Waals surface area (Å²) in [6, 6.07) is 18.0. The van der Waals surface area contributed by atoms with Crippen molar-refractivity contribution < 1.29 is 13.9 Å². The average molecular weight is 454 g/mol. The molecule has 32 heavy (non-hydrogen) atoms. The number of nitrogens with one attached hydrogen (secondary N) is 2. The molecule has 0 aliphatic carbocycles. The van der Waals surface area contributed by atoms with Crippen molar-refractivity contribution in [1.29, 1.82) is 0 Å². The maximum Gasteiger partial charge on any atom is 0.180 e. The summed E-state index contributed by atoms with van der Waals surface area (Å²) in [7, 11) is 1.58. The molecule has 0 aliphatic heterocycles. The molecule has 0 amide bonds. The molecule has 0 unspecified atom stereocenters. The van der Waals surface area contributed by atoms with Gasteiger partial charge in [0.1, 0.15) is 18.2 Å². The van der Waals surface area contributed by atoms with E-state index in [-0.39, 0.29) is 12.4 Å². The van der Waals surface area contributed by atoms with Gasteiger partial charge in [-0.25, -0.2) is 9.37 Å². The van der Waals surface area contributed by atoms with E-state index in [4.69, 9.17) is 21.1 Å². The predicted octanol–water partition coefficient (Wildman–Crippen LogP) is 5.67. The minimum atomic E-state index is -0.279. The number of para-hydroxylation sites is 2. The van der Waals surface area contributed by atoms with E-state index in [1.807, 2.05) is 36.4 Å². The number of H-pyrrole nitrogens is 1. The first-order valence-electron chi connectivity index (χ1n) is 10.5. The van der Waals surface area contributed by atoms with E-state index < -0.39 is 0 Å². The number of imidazole rings is 1. The monoisotopic (exact) mass is 453 g/mol. The second-order valence-corrected chi connectivity index (χ2v) is 7.91. The molecular formula is C25H25ClFN3O2. The zero-order valence-corrected chi connectivity index (χ0v) is 18.6. The molecule has 0 atom stereocenters. The Hall–Kier alpha value is -3.09. The Morgan fingerprint density at radius 3 is 2.66 bits per heavy atom. The fraction of sp³-hybridized carbons (Fsp3) is 0.240. The van der Waals surface area contributed by atoms with Gasteiger partial charge < -0.3 is 19.8 Å². The van der Waals surface area contributed by atoms with Crippen LogP contribution in [0, 0.1) is 5.82 Å². The highest BCUT2D eigenvalue weighted by Crippen LogP contribution is 2.37. The van der Waals surface area contributed by atoms with Crippen molar-refractivity contribution >= 4 is 22.6 Å². The molecule has 0 radical (unpaired) electrons. The van der Waals surface area contributed by atoms with Gasteiger partial charge in [0.05, 0.1) is 23.2 Å². The highest BCUT2D eigenvalue weighted by molar-refractivity contribution is 6.32. The molecule has 0 fully saturated rings.